The van der Waals surface area contributed by atoms with Crippen molar-refractivity contribution in [3.05, 3.63) is 231 Å². The van der Waals surface area contributed by atoms with E-state index in [4.69, 9.17) is 9.97 Å². The number of aromatic nitrogens is 4. The Kier molecular flexibility index (Phi) is 7.95. The lowest BCUT2D eigenvalue weighted by Crippen LogP contribution is -1.99. The van der Waals surface area contributed by atoms with Crippen molar-refractivity contribution in [3.63, 3.8) is 0 Å². The van der Waals surface area contributed by atoms with Crippen LogP contribution in [0.5, 0.6) is 0 Å². The standard InChI is InChI=1S/C62H38N4/c1-5-13-39(14-6-1)43-23-27-53(51(33-43)41-17-9-3-10-18-41)65-55-35-45-21-26-50-60-46(22-25-49(59(45)60)61(55)47-29-31-63-37-57(47)65)36-56-62(50)48-30-32-64-38-58(48)66(56)54-28-24-44(40-15-7-2-8-16-40)34-52(54)42-19-11-4-12-20-42/h1-38H. The van der Waals surface area contributed by atoms with Crippen LogP contribution in [-0.4, -0.2) is 19.1 Å². The SMILES string of the molecule is c1ccc(-c2ccc(-n3c4cnccc4c4c5ccc6cc7c(c8ccc(cc43)c5c68)c3ccncc3n7-c3ccc(-c4ccccc4)cc3-c3ccccc3)c(-c3ccccc3)c2)cc1. The number of nitrogens with zero attached hydrogens (tertiary/aromatic N) is 4. The average molecular weight is 839 g/mol. The van der Waals surface area contributed by atoms with Crippen molar-refractivity contribution in [2.75, 3.05) is 0 Å². The summed E-state index contributed by atoms with van der Waals surface area (Å²) in [7, 11) is 0. The number of pyridine rings is 2. The number of rotatable bonds is 6. The van der Waals surface area contributed by atoms with Crippen LogP contribution in [0.2, 0.25) is 0 Å². The van der Waals surface area contributed by atoms with Gasteiger partial charge in [0.2, 0.25) is 0 Å². The Bertz CT molecular complexity index is 3910. The molecule has 0 fully saturated rings. The number of fused-ring (bicyclic) bond motifs is 8. The van der Waals surface area contributed by atoms with Gasteiger partial charge in [0.25, 0.3) is 0 Å². The van der Waals surface area contributed by atoms with E-state index in [2.05, 4.69) is 215 Å². The van der Waals surface area contributed by atoms with Crippen molar-refractivity contribution < 1.29 is 0 Å². The first kappa shape index (κ1) is 36.6. The Labute approximate surface area is 380 Å². The Balaban J connectivity index is 1.05. The maximum atomic E-state index is 4.74. The van der Waals surface area contributed by atoms with Crippen molar-refractivity contribution in [2.45, 2.75) is 0 Å². The number of hydrogen-bond acceptors (Lipinski definition) is 2. The molecule has 0 atom stereocenters. The molecular formula is C62H38N4. The molecule has 0 aliphatic rings. The molecule has 4 heteroatoms. The summed E-state index contributed by atoms with van der Waals surface area (Å²) >= 11 is 0. The summed E-state index contributed by atoms with van der Waals surface area (Å²) in [5.41, 5.74) is 16.2. The lowest BCUT2D eigenvalue weighted by Gasteiger charge is -2.18. The van der Waals surface area contributed by atoms with E-state index in [1.165, 1.54) is 98.4 Å². The lowest BCUT2D eigenvalue weighted by atomic mass is 9.90. The predicted octanol–water partition coefficient (Wildman–Crippen LogP) is 16.2. The van der Waals surface area contributed by atoms with Crippen molar-refractivity contribution >= 4 is 75.9 Å². The van der Waals surface area contributed by atoms with Gasteiger partial charge in [-0.15, -0.1) is 0 Å². The first-order chi connectivity index (χ1) is 32.8. The second-order valence-electron chi connectivity index (χ2n) is 17.3. The van der Waals surface area contributed by atoms with Crippen LogP contribution < -0.4 is 0 Å². The Morgan fingerprint density at radius 2 is 0.667 bits per heavy atom. The Morgan fingerprint density at radius 1 is 0.273 bits per heavy atom. The summed E-state index contributed by atoms with van der Waals surface area (Å²) in [5.74, 6) is 0. The molecule has 0 bridgehead atoms. The molecule has 4 nitrogen and oxygen atoms in total. The van der Waals surface area contributed by atoms with E-state index >= 15 is 0 Å². The van der Waals surface area contributed by atoms with Crippen molar-refractivity contribution in [1.29, 1.82) is 0 Å². The fourth-order valence-electron chi connectivity index (χ4n) is 10.9. The highest BCUT2D eigenvalue weighted by Gasteiger charge is 2.24. The third-order valence-corrected chi connectivity index (χ3v) is 13.8. The van der Waals surface area contributed by atoms with Crippen molar-refractivity contribution in [1.82, 2.24) is 19.1 Å². The average Bonchev–Trinajstić information content (AvgIpc) is 3.91. The molecule has 4 heterocycles. The summed E-state index contributed by atoms with van der Waals surface area (Å²) < 4.78 is 4.88. The van der Waals surface area contributed by atoms with Crippen LogP contribution in [0.1, 0.15) is 0 Å². The van der Waals surface area contributed by atoms with Crippen molar-refractivity contribution in [3.8, 4) is 55.9 Å². The smallest absolute Gasteiger partial charge is 0.0724 e. The van der Waals surface area contributed by atoms with E-state index in [-0.39, 0.29) is 0 Å². The molecule has 14 rings (SSSR count). The van der Waals surface area contributed by atoms with E-state index in [0.29, 0.717) is 0 Å². The summed E-state index contributed by atoms with van der Waals surface area (Å²) in [6.07, 6.45) is 7.93. The normalized spacial score (nSPS) is 11.9. The zero-order valence-corrected chi connectivity index (χ0v) is 35.7. The van der Waals surface area contributed by atoms with Gasteiger partial charge in [0, 0.05) is 45.1 Å². The molecular weight excluding hydrogens is 801 g/mol. The van der Waals surface area contributed by atoms with Gasteiger partial charge in [-0.3, -0.25) is 9.97 Å². The zero-order valence-electron chi connectivity index (χ0n) is 35.7. The van der Waals surface area contributed by atoms with Crippen LogP contribution in [-0.2, 0) is 0 Å². The molecule has 0 unspecified atom stereocenters. The fourth-order valence-corrected chi connectivity index (χ4v) is 10.9. The van der Waals surface area contributed by atoms with Crippen LogP contribution in [0.15, 0.2) is 231 Å². The van der Waals surface area contributed by atoms with Crippen LogP contribution >= 0.6 is 0 Å². The molecule has 0 radical (unpaired) electrons. The summed E-state index contributed by atoms with van der Waals surface area (Å²) in [5, 5.41) is 12.3. The second kappa shape index (κ2) is 14.3. The van der Waals surface area contributed by atoms with E-state index < -0.39 is 0 Å². The zero-order chi connectivity index (χ0) is 43.3. The molecule has 306 valence electrons. The minimum Gasteiger partial charge on any atom is -0.307 e. The molecule has 0 saturated heterocycles. The molecule has 4 aromatic heterocycles. The molecule has 10 aromatic carbocycles. The maximum Gasteiger partial charge on any atom is 0.0724 e. The highest BCUT2D eigenvalue weighted by molar-refractivity contribution is 6.37. The van der Waals surface area contributed by atoms with Crippen LogP contribution in [0.4, 0.5) is 0 Å². The van der Waals surface area contributed by atoms with Crippen molar-refractivity contribution in [2.24, 2.45) is 0 Å². The third kappa shape index (κ3) is 5.39. The number of hydrogen-bond donors (Lipinski definition) is 0. The topological polar surface area (TPSA) is 35.6 Å². The second-order valence-corrected chi connectivity index (χ2v) is 17.3. The van der Waals surface area contributed by atoms with Gasteiger partial charge < -0.3 is 9.13 Å². The van der Waals surface area contributed by atoms with Gasteiger partial charge in [-0.1, -0.05) is 158 Å². The molecule has 14 aromatic rings. The minimum absolute atomic E-state index is 1.08. The molecule has 0 spiro atoms. The highest BCUT2D eigenvalue weighted by Crippen LogP contribution is 2.48. The summed E-state index contributed by atoms with van der Waals surface area (Å²) in [6, 6.07) is 75.2. The first-order valence-corrected chi connectivity index (χ1v) is 22.5. The fraction of sp³-hybridized carbons (Fsp3) is 0. The van der Waals surface area contributed by atoms with Gasteiger partial charge in [-0.05, 0) is 114 Å². The minimum atomic E-state index is 1.08. The van der Waals surface area contributed by atoms with Crippen LogP contribution in [0, 0.1) is 0 Å². The predicted molar refractivity (Wildman–Crippen MR) is 276 cm³/mol. The lowest BCUT2D eigenvalue weighted by molar-refractivity contribution is 1.17. The molecule has 0 amide bonds. The quantitative estimate of drug-likeness (QED) is 0.156. The van der Waals surface area contributed by atoms with E-state index in [1.54, 1.807) is 0 Å². The highest BCUT2D eigenvalue weighted by atomic mass is 15.0. The maximum absolute atomic E-state index is 4.74. The van der Waals surface area contributed by atoms with Gasteiger partial charge in [0.05, 0.1) is 45.8 Å². The number of benzene rings is 10. The molecule has 0 aliphatic heterocycles. The van der Waals surface area contributed by atoms with Crippen LogP contribution in [0.25, 0.3) is 132 Å². The van der Waals surface area contributed by atoms with E-state index in [1.807, 2.05) is 24.8 Å². The van der Waals surface area contributed by atoms with Crippen LogP contribution in [0.3, 0.4) is 0 Å². The summed E-state index contributed by atoms with van der Waals surface area (Å²) in [4.78, 5) is 9.48. The van der Waals surface area contributed by atoms with Gasteiger partial charge in [0.1, 0.15) is 0 Å². The molecule has 0 aliphatic carbocycles. The molecule has 0 N–H and O–H groups in total. The largest absolute Gasteiger partial charge is 0.307 e. The van der Waals surface area contributed by atoms with E-state index in [0.717, 1.165) is 33.4 Å². The molecule has 66 heavy (non-hydrogen) atoms. The Hall–Kier alpha value is -8.86. The van der Waals surface area contributed by atoms with Gasteiger partial charge in [-0.25, -0.2) is 0 Å². The van der Waals surface area contributed by atoms with Gasteiger partial charge in [0.15, 0.2) is 0 Å². The summed E-state index contributed by atoms with van der Waals surface area (Å²) in [6.45, 7) is 0. The first-order valence-electron chi connectivity index (χ1n) is 22.5. The monoisotopic (exact) mass is 838 g/mol. The van der Waals surface area contributed by atoms with E-state index in [9.17, 15) is 0 Å². The van der Waals surface area contributed by atoms with Gasteiger partial charge in [-0.2, -0.15) is 0 Å². The van der Waals surface area contributed by atoms with Gasteiger partial charge >= 0.3 is 0 Å². The molecule has 0 saturated carbocycles. The third-order valence-electron chi connectivity index (χ3n) is 13.8. The Morgan fingerprint density at radius 3 is 1.08 bits per heavy atom.